The number of aryl methyl sites for hydroxylation is 2. The Morgan fingerprint density at radius 2 is 1.65 bits per heavy atom. The van der Waals surface area contributed by atoms with E-state index >= 15 is 0 Å². The Bertz CT molecular complexity index is 972. The van der Waals surface area contributed by atoms with Gasteiger partial charge in [0.1, 0.15) is 6.04 Å². The first kappa shape index (κ1) is 23.4. The van der Waals surface area contributed by atoms with Crippen molar-refractivity contribution in [2.24, 2.45) is 0 Å². The number of nitrogens with one attached hydrogen (secondary N) is 3. The van der Waals surface area contributed by atoms with Gasteiger partial charge in [0.2, 0.25) is 5.91 Å². The Hall–Kier alpha value is -3.88. The minimum Gasteiger partial charge on any atom is -0.481 e. The van der Waals surface area contributed by atoms with Gasteiger partial charge in [0.25, 0.3) is 5.91 Å². The molecule has 2 aromatic rings. The lowest BCUT2D eigenvalue weighted by molar-refractivity contribution is -0.140. The highest BCUT2D eigenvalue weighted by atomic mass is 16.4. The minimum absolute atomic E-state index is 0.0655. The molecule has 0 fully saturated rings. The number of rotatable bonds is 10. The second kappa shape index (κ2) is 10.8. The van der Waals surface area contributed by atoms with Crippen LogP contribution in [-0.4, -0.2) is 46.6 Å². The van der Waals surface area contributed by atoms with Crippen LogP contribution in [0, 0.1) is 13.8 Å². The molecule has 0 aromatic heterocycles. The van der Waals surface area contributed by atoms with E-state index in [4.69, 9.17) is 10.2 Å². The normalized spacial score (nSPS) is 11.3. The number of carbonyl (C=O) groups is 4. The molecule has 5 N–H and O–H groups in total. The van der Waals surface area contributed by atoms with E-state index in [-0.39, 0.29) is 30.9 Å². The predicted molar refractivity (Wildman–Crippen MR) is 115 cm³/mol. The molecule has 31 heavy (non-hydrogen) atoms. The van der Waals surface area contributed by atoms with E-state index in [0.717, 1.165) is 16.8 Å². The summed E-state index contributed by atoms with van der Waals surface area (Å²) in [5.41, 5.74) is 3.70. The van der Waals surface area contributed by atoms with Crippen LogP contribution in [0.4, 0.5) is 11.4 Å². The van der Waals surface area contributed by atoms with Gasteiger partial charge in [-0.15, -0.1) is 0 Å². The van der Waals surface area contributed by atoms with Crippen LogP contribution >= 0.6 is 0 Å². The van der Waals surface area contributed by atoms with Crippen LogP contribution < -0.4 is 16.0 Å². The number of anilines is 2. The summed E-state index contributed by atoms with van der Waals surface area (Å²) in [6, 6.07) is 10.5. The summed E-state index contributed by atoms with van der Waals surface area (Å²) in [5.74, 6) is -3.37. The molecule has 0 aliphatic carbocycles. The van der Waals surface area contributed by atoms with Gasteiger partial charge in [-0.2, -0.15) is 0 Å². The van der Waals surface area contributed by atoms with Crippen molar-refractivity contribution in [1.82, 2.24) is 5.32 Å². The molecule has 0 saturated carbocycles. The van der Waals surface area contributed by atoms with Gasteiger partial charge >= 0.3 is 11.9 Å². The summed E-state index contributed by atoms with van der Waals surface area (Å²) < 4.78 is 0. The zero-order valence-electron chi connectivity index (χ0n) is 17.3. The highest BCUT2D eigenvalue weighted by Crippen LogP contribution is 2.16. The maximum atomic E-state index is 12.2. The number of carboxylic acids is 2. The van der Waals surface area contributed by atoms with E-state index in [1.165, 1.54) is 24.3 Å². The third-order valence-corrected chi connectivity index (χ3v) is 4.50. The van der Waals surface area contributed by atoms with Crippen molar-refractivity contribution in [2.75, 3.05) is 17.2 Å². The van der Waals surface area contributed by atoms with Gasteiger partial charge in [0, 0.05) is 23.4 Å². The molecule has 0 heterocycles. The summed E-state index contributed by atoms with van der Waals surface area (Å²) >= 11 is 0. The minimum atomic E-state index is -1.31. The Labute approximate surface area is 179 Å². The monoisotopic (exact) mass is 427 g/mol. The summed E-state index contributed by atoms with van der Waals surface area (Å²) in [5, 5.41) is 25.9. The van der Waals surface area contributed by atoms with Crippen LogP contribution in [0.3, 0.4) is 0 Å². The highest BCUT2D eigenvalue weighted by Gasteiger charge is 2.21. The number of carboxylic acid groups (broad SMARTS) is 2. The second-order valence-corrected chi connectivity index (χ2v) is 7.09. The van der Waals surface area contributed by atoms with E-state index < -0.39 is 23.9 Å². The average molecular weight is 427 g/mol. The van der Waals surface area contributed by atoms with Gasteiger partial charge in [-0.05, 0) is 56.2 Å². The molecule has 9 heteroatoms. The molecular formula is C22H25N3O6. The molecule has 0 aliphatic heterocycles. The Kier molecular flexibility index (Phi) is 8.13. The number of carbonyl (C=O) groups excluding carboxylic acids is 2. The Balaban J connectivity index is 1.90. The maximum Gasteiger partial charge on any atom is 0.326 e. The summed E-state index contributed by atoms with van der Waals surface area (Å²) in [6.45, 7) is 4.01. The van der Waals surface area contributed by atoms with Crippen LogP contribution in [0.15, 0.2) is 42.5 Å². The summed E-state index contributed by atoms with van der Waals surface area (Å²) in [4.78, 5) is 46.2. The van der Waals surface area contributed by atoms with Crippen molar-refractivity contribution in [1.29, 1.82) is 0 Å². The third-order valence-electron chi connectivity index (χ3n) is 4.50. The highest BCUT2D eigenvalue weighted by molar-refractivity contribution is 5.98. The van der Waals surface area contributed by atoms with Crippen molar-refractivity contribution in [3.05, 3.63) is 59.2 Å². The Morgan fingerprint density at radius 3 is 2.23 bits per heavy atom. The van der Waals surface area contributed by atoms with E-state index in [1.807, 2.05) is 32.0 Å². The van der Waals surface area contributed by atoms with Crippen LogP contribution in [0.25, 0.3) is 0 Å². The number of hydrogen-bond acceptors (Lipinski definition) is 5. The molecule has 0 saturated heterocycles. The molecule has 0 spiro atoms. The lowest BCUT2D eigenvalue weighted by Crippen LogP contribution is -2.41. The fourth-order valence-corrected chi connectivity index (χ4v) is 2.86. The molecule has 164 valence electrons. The zero-order chi connectivity index (χ0) is 23.0. The van der Waals surface area contributed by atoms with E-state index in [2.05, 4.69) is 16.0 Å². The second-order valence-electron chi connectivity index (χ2n) is 7.09. The number of aliphatic carboxylic acids is 2. The molecule has 2 rings (SSSR count). The molecular weight excluding hydrogens is 402 g/mol. The van der Waals surface area contributed by atoms with Gasteiger partial charge in [-0.3, -0.25) is 14.4 Å². The van der Waals surface area contributed by atoms with Crippen LogP contribution in [0.2, 0.25) is 0 Å². The Morgan fingerprint density at radius 1 is 0.968 bits per heavy atom. The fourth-order valence-electron chi connectivity index (χ4n) is 2.86. The van der Waals surface area contributed by atoms with Crippen LogP contribution in [0.5, 0.6) is 0 Å². The van der Waals surface area contributed by atoms with Gasteiger partial charge in [-0.25, -0.2) is 4.79 Å². The first-order chi connectivity index (χ1) is 14.7. The summed E-state index contributed by atoms with van der Waals surface area (Å²) in [7, 11) is 0. The topological polar surface area (TPSA) is 145 Å². The first-order valence-corrected chi connectivity index (χ1v) is 9.62. The van der Waals surface area contributed by atoms with Gasteiger partial charge < -0.3 is 26.2 Å². The van der Waals surface area contributed by atoms with Gasteiger partial charge in [-0.1, -0.05) is 17.7 Å². The van der Waals surface area contributed by atoms with Crippen molar-refractivity contribution in [3.8, 4) is 0 Å². The lowest BCUT2D eigenvalue weighted by Gasteiger charge is -2.14. The molecule has 1 atom stereocenters. The van der Waals surface area contributed by atoms with Crippen molar-refractivity contribution >= 4 is 35.1 Å². The van der Waals surface area contributed by atoms with Crippen molar-refractivity contribution in [2.45, 2.75) is 32.7 Å². The summed E-state index contributed by atoms with van der Waals surface area (Å²) in [6.07, 6.45) is -0.601. The van der Waals surface area contributed by atoms with Crippen LogP contribution in [-0.2, 0) is 14.4 Å². The number of amides is 2. The zero-order valence-corrected chi connectivity index (χ0v) is 17.3. The number of hydrogen-bond donors (Lipinski definition) is 5. The van der Waals surface area contributed by atoms with E-state index in [9.17, 15) is 19.2 Å². The average Bonchev–Trinajstić information content (AvgIpc) is 2.70. The van der Waals surface area contributed by atoms with Crippen molar-refractivity contribution in [3.63, 3.8) is 0 Å². The van der Waals surface area contributed by atoms with Gasteiger partial charge in [0.05, 0.1) is 6.54 Å². The standard InChI is InChI=1S/C22H25N3O6/c1-13-3-8-17(14(2)11-13)23-12-19(26)24-16-6-4-15(5-7-16)21(29)25-18(22(30)31)9-10-20(27)28/h3-8,11,18,23H,9-10,12H2,1-2H3,(H,24,26)(H,25,29)(H,27,28)(H,30,31). The lowest BCUT2D eigenvalue weighted by atomic mass is 10.1. The van der Waals surface area contributed by atoms with E-state index in [0.29, 0.717) is 5.69 Å². The third kappa shape index (κ3) is 7.46. The van der Waals surface area contributed by atoms with Crippen LogP contribution in [0.1, 0.15) is 34.3 Å². The van der Waals surface area contributed by atoms with E-state index in [1.54, 1.807) is 0 Å². The predicted octanol–water partition coefficient (Wildman–Crippen LogP) is 2.40. The smallest absolute Gasteiger partial charge is 0.326 e. The molecule has 2 aromatic carbocycles. The molecule has 1 unspecified atom stereocenters. The maximum absolute atomic E-state index is 12.2. The molecule has 0 aliphatic rings. The first-order valence-electron chi connectivity index (χ1n) is 9.62. The quantitative estimate of drug-likeness (QED) is 0.391. The molecule has 0 bridgehead atoms. The SMILES string of the molecule is Cc1ccc(NCC(=O)Nc2ccc(C(=O)NC(CCC(=O)O)C(=O)O)cc2)c(C)c1. The largest absolute Gasteiger partial charge is 0.481 e. The van der Waals surface area contributed by atoms with Gasteiger partial charge in [0.15, 0.2) is 0 Å². The molecule has 9 nitrogen and oxygen atoms in total. The molecule has 2 amide bonds. The van der Waals surface area contributed by atoms with Crippen molar-refractivity contribution < 1.29 is 29.4 Å². The molecule has 0 radical (unpaired) electrons. The fraction of sp³-hybridized carbons (Fsp3) is 0.273. The number of benzene rings is 2.